The third-order valence-corrected chi connectivity index (χ3v) is 7.68. The predicted molar refractivity (Wildman–Crippen MR) is 122 cm³/mol. The van der Waals surface area contributed by atoms with Gasteiger partial charge in [-0.05, 0) is 26.2 Å². The highest BCUT2D eigenvalue weighted by Crippen LogP contribution is 2.36. The highest BCUT2D eigenvalue weighted by Gasteiger charge is 2.76. The number of unbranched alkanes of at least 4 members (excludes halogenated alkanes) is 3. The Balaban J connectivity index is 6.76. The molecule has 0 aliphatic carbocycles. The fraction of sp³-hybridized carbons (Fsp3) is 0.864. The van der Waals surface area contributed by atoms with Crippen molar-refractivity contribution in [1.82, 2.24) is 0 Å². The Labute approximate surface area is 198 Å². The van der Waals surface area contributed by atoms with Crippen LogP contribution in [0.1, 0.15) is 80.1 Å². The molecule has 1 atom stereocenters. The van der Waals surface area contributed by atoms with Crippen molar-refractivity contribution in [2.24, 2.45) is 0 Å². The van der Waals surface area contributed by atoms with E-state index in [4.69, 9.17) is 32.2 Å². The Morgan fingerprint density at radius 1 is 0.788 bits per heavy atom. The van der Waals surface area contributed by atoms with Gasteiger partial charge in [0.25, 0.3) is 11.9 Å². The first-order chi connectivity index (χ1) is 15.6. The monoisotopic (exact) mass is 494 g/mol. The van der Waals surface area contributed by atoms with Gasteiger partial charge in [-0.3, -0.25) is 14.4 Å². The molecule has 1 unspecified atom stereocenters. The van der Waals surface area contributed by atoms with E-state index in [1.807, 2.05) is 20.8 Å². The van der Waals surface area contributed by atoms with Gasteiger partial charge in [-0.25, -0.2) is 0 Å². The van der Waals surface area contributed by atoms with Crippen molar-refractivity contribution in [2.75, 3.05) is 33.5 Å². The van der Waals surface area contributed by atoms with Crippen LogP contribution in [0.4, 0.5) is 0 Å². The van der Waals surface area contributed by atoms with Crippen molar-refractivity contribution in [1.29, 1.82) is 0 Å². The second-order valence-corrected chi connectivity index (χ2v) is 10.0. The van der Waals surface area contributed by atoms with E-state index < -0.39 is 44.8 Å². The van der Waals surface area contributed by atoms with Crippen LogP contribution in [0.25, 0.3) is 0 Å². The van der Waals surface area contributed by atoms with Crippen LogP contribution >= 0.6 is 0 Å². The molecule has 33 heavy (non-hydrogen) atoms. The van der Waals surface area contributed by atoms with Gasteiger partial charge in [0, 0.05) is 27.6 Å². The van der Waals surface area contributed by atoms with Crippen molar-refractivity contribution >= 4 is 26.7 Å². The lowest BCUT2D eigenvalue weighted by Crippen LogP contribution is -2.74. The number of methoxy groups -OCH3 is 1. The van der Waals surface area contributed by atoms with Gasteiger partial charge in [-0.1, -0.05) is 40.0 Å². The minimum atomic E-state index is -4.72. The van der Waals surface area contributed by atoms with Crippen molar-refractivity contribution in [2.45, 2.75) is 91.6 Å². The van der Waals surface area contributed by atoms with Gasteiger partial charge in [0.2, 0.25) is 0 Å². The molecule has 0 aromatic carbocycles. The van der Waals surface area contributed by atoms with E-state index in [1.54, 1.807) is 6.92 Å². The zero-order valence-electron chi connectivity index (χ0n) is 21.2. The summed E-state index contributed by atoms with van der Waals surface area (Å²) in [5.74, 6) is -2.54. The predicted octanol–water partition coefficient (Wildman–Crippen LogP) is 3.32. The van der Waals surface area contributed by atoms with Crippen molar-refractivity contribution in [3.8, 4) is 0 Å². The summed E-state index contributed by atoms with van der Waals surface area (Å²) >= 11 is 0. The normalized spacial score (nSPS) is 12.8. The molecule has 0 bridgehead atoms. The molecule has 0 aliphatic heterocycles. The van der Waals surface area contributed by atoms with Crippen molar-refractivity contribution < 1.29 is 46.6 Å². The van der Waals surface area contributed by atoms with Crippen LogP contribution in [0.3, 0.4) is 0 Å². The molecule has 0 spiro atoms. The molecule has 0 rings (SSSR count). The topological polar surface area (TPSA) is 116 Å². The smallest absolute Gasteiger partial charge is 0.452 e. The lowest BCUT2D eigenvalue weighted by atomic mass is 10.3. The fourth-order valence-corrected chi connectivity index (χ4v) is 5.71. The average molecular weight is 495 g/mol. The first-order valence-electron chi connectivity index (χ1n) is 11.6. The largest absolute Gasteiger partial charge is 0.771 e. The Hall–Kier alpha value is -1.53. The fourth-order valence-electron chi connectivity index (χ4n) is 2.90. The molecule has 0 fully saturated rings. The molecule has 0 heterocycles. The van der Waals surface area contributed by atoms with Crippen LogP contribution in [0.5, 0.6) is 0 Å². The van der Waals surface area contributed by atoms with E-state index in [9.17, 15) is 14.4 Å². The molecule has 0 saturated carbocycles. The highest BCUT2D eigenvalue weighted by molar-refractivity contribution is 6.68. The Kier molecular flexibility index (Phi) is 16.2. The summed E-state index contributed by atoms with van der Waals surface area (Å²) in [7, 11) is -3.42. The quantitative estimate of drug-likeness (QED) is 0.150. The molecule has 10 nitrogen and oxygen atoms in total. The van der Waals surface area contributed by atoms with Crippen LogP contribution in [0.15, 0.2) is 0 Å². The maximum atomic E-state index is 12.6. The van der Waals surface area contributed by atoms with Gasteiger partial charge >= 0.3 is 20.2 Å². The van der Waals surface area contributed by atoms with Gasteiger partial charge in [0.1, 0.15) is 12.7 Å². The maximum absolute atomic E-state index is 12.6. The second kappa shape index (κ2) is 17.0. The molecule has 11 heteroatoms. The Bertz CT molecular complexity index is 558. The molecule has 0 aromatic heterocycles. The average Bonchev–Trinajstić information content (AvgIpc) is 2.71. The lowest BCUT2D eigenvalue weighted by Gasteiger charge is -2.44. The molecule has 194 valence electrons. The zero-order valence-corrected chi connectivity index (χ0v) is 22.2. The zero-order chi connectivity index (χ0) is 25.3. The summed E-state index contributed by atoms with van der Waals surface area (Å²) in [6.45, 7) is 10.1. The number of ether oxygens (including phenoxy) is 4. The number of hydrogen-bond donors (Lipinski definition) is 0. The van der Waals surface area contributed by atoms with Crippen LogP contribution in [0.2, 0.25) is 0 Å². The molecule has 0 N–H and O–H groups in total. The van der Waals surface area contributed by atoms with E-state index in [1.165, 1.54) is 7.11 Å². The molecule has 0 saturated heterocycles. The number of rotatable bonds is 19. The summed E-state index contributed by atoms with van der Waals surface area (Å²) in [5, 5.41) is 0. The summed E-state index contributed by atoms with van der Waals surface area (Å²) in [4.78, 5) is 37.0. The molecule has 0 aromatic rings. The summed E-state index contributed by atoms with van der Waals surface area (Å²) in [6.07, 6.45) is 3.60. The third-order valence-electron chi connectivity index (χ3n) is 4.52. The van der Waals surface area contributed by atoms with Crippen LogP contribution in [-0.2, 0) is 46.6 Å². The summed E-state index contributed by atoms with van der Waals surface area (Å²) < 4.78 is 40.0. The van der Waals surface area contributed by atoms with Crippen LogP contribution < -0.4 is 0 Å². The number of carbonyl (C=O) groups excluding carboxylic acids is 3. The second-order valence-electron chi connectivity index (χ2n) is 7.59. The van der Waals surface area contributed by atoms with Gasteiger partial charge in [0.05, 0.1) is 13.2 Å². The Morgan fingerprint density at radius 3 is 1.64 bits per heavy atom. The molecule has 0 aliphatic rings. The van der Waals surface area contributed by atoms with E-state index in [2.05, 4.69) is 0 Å². The number of hydrogen-bond acceptors (Lipinski definition) is 10. The molecular weight excluding hydrogens is 452 g/mol. The van der Waals surface area contributed by atoms with E-state index >= 15 is 0 Å². The van der Waals surface area contributed by atoms with Crippen molar-refractivity contribution in [3.05, 3.63) is 0 Å². The standard InChI is InChI=1S/C22H42O10Si/c1-8-11-14-27-18(4)22(28-15-12-9-2,29-16-13-10-3)33(30-19(5)23,31-20(6)24)32-21(25)17-26-7/h18H,8-17H2,1-7H3. The first kappa shape index (κ1) is 31.5. The van der Waals surface area contributed by atoms with E-state index in [0.29, 0.717) is 19.4 Å². The van der Waals surface area contributed by atoms with Crippen molar-refractivity contribution in [3.63, 3.8) is 0 Å². The molecular formula is C22H42O10Si. The van der Waals surface area contributed by atoms with Gasteiger partial charge < -0.3 is 32.2 Å². The SMILES string of the molecule is CCCCOC(C)C(OCCCC)(OCCCC)[Si](OC(C)=O)(OC(C)=O)OC(=O)COC. The number of carbonyl (C=O) groups is 3. The van der Waals surface area contributed by atoms with E-state index in [-0.39, 0.29) is 13.2 Å². The molecule has 0 amide bonds. The molecule has 0 radical (unpaired) electrons. The first-order valence-corrected chi connectivity index (χ1v) is 13.4. The third kappa shape index (κ3) is 10.5. The van der Waals surface area contributed by atoms with Crippen LogP contribution in [-0.4, -0.2) is 71.8 Å². The highest BCUT2D eigenvalue weighted by atomic mass is 28.4. The summed E-state index contributed by atoms with van der Waals surface area (Å²) in [5.41, 5.74) is -1.95. The van der Waals surface area contributed by atoms with Gasteiger partial charge in [-0.2, -0.15) is 0 Å². The van der Waals surface area contributed by atoms with E-state index in [0.717, 1.165) is 39.5 Å². The van der Waals surface area contributed by atoms with Gasteiger partial charge in [0.15, 0.2) is 0 Å². The summed E-state index contributed by atoms with van der Waals surface area (Å²) in [6, 6.07) is 0. The van der Waals surface area contributed by atoms with Crippen LogP contribution in [0, 0.1) is 0 Å². The van der Waals surface area contributed by atoms with Gasteiger partial charge in [-0.15, -0.1) is 0 Å². The minimum absolute atomic E-state index is 0.170. The Morgan fingerprint density at radius 2 is 1.24 bits per heavy atom. The minimum Gasteiger partial charge on any atom is -0.452 e. The lowest BCUT2D eigenvalue weighted by molar-refractivity contribution is -0.270. The maximum Gasteiger partial charge on any atom is 0.771 e.